The lowest BCUT2D eigenvalue weighted by Gasteiger charge is -2.13. The van der Waals surface area contributed by atoms with Gasteiger partial charge in [-0.1, -0.05) is 25.7 Å². The van der Waals surface area contributed by atoms with Crippen LogP contribution in [0.25, 0.3) is 0 Å². The number of carbonyl (C=O) groups excluding carboxylic acids is 2. The number of phenols is 3. The molecule has 1 aliphatic rings. The molecule has 0 aliphatic heterocycles. The first-order valence-electron chi connectivity index (χ1n) is 7.36. The van der Waals surface area contributed by atoms with Crippen LogP contribution in [0.4, 0.5) is 0 Å². The standard InChI is InChI=1S/C16H20O5/c17-11-7-5-3-1-2-4-6-8-12(18)14-10(11)9-13(19)15(20)16(14)21/h9,19-21H,1-8H2. The van der Waals surface area contributed by atoms with Crippen molar-refractivity contribution in [3.8, 4) is 17.2 Å². The van der Waals surface area contributed by atoms with Crippen LogP contribution in [0.1, 0.15) is 72.1 Å². The number of fused-ring (bicyclic) bond motifs is 1. The van der Waals surface area contributed by atoms with Crippen LogP contribution in [-0.4, -0.2) is 26.9 Å². The van der Waals surface area contributed by atoms with Gasteiger partial charge in [-0.05, 0) is 18.9 Å². The predicted molar refractivity (Wildman–Crippen MR) is 77.0 cm³/mol. The second-order valence-corrected chi connectivity index (χ2v) is 5.48. The lowest BCUT2D eigenvalue weighted by Crippen LogP contribution is -2.10. The molecule has 114 valence electrons. The van der Waals surface area contributed by atoms with Gasteiger partial charge in [0.05, 0.1) is 5.56 Å². The molecule has 0 unspecified atom stereocenters. The van der Waals surface area contributed by atoms with Gasteiger partial charge in [-0.25, -0.2) is 0 Å². The van der Waals surface area contributed by atoms with Crippen molar-refractivity contribution < 1.29 is 24.9 Å². The van der Waals surface area contributed by atoms with Crippen molar-refractivity contribution >= 4 is 11.6 Å². The molecular weight excluding hydrogens is 272 g/mol. The van der Waals surface area contributed by atoms with Crippen molar-refractivity contribution in [2.75, 3.05) is 0 Å². The number of hydrogen-bond donors (Lipinski definition) is 3. The molecular formula is C16H20O5. The zero-order valence-electron chi connectivity index (χ0n) is 11.9. The Hall–Kier alpha value is -2.04. The Morgan fingerprint density at radius 3 is 1.86 bits per heavy atom. The first-order valence-corrected chi connectivity index (χ1v) is 7.36. The van der Waals surface area contributed by atoms with Gasteiger partial charge in [0.2, 0.25) is 5.75 Å². The molecule has 0 heterocycles. The largest absolute Gasteiger partial charge is 0.504 e. The molecule has 0 bridgehead atoms. The summed E-state index contributed by atoms with van der Waals surface area (Å²) < 4.78 is 0. The lowest BCUT2D eigenvalue weighted by atomic mass is 9.92. The third-order valence-corrected chi connectivity index (χ3v) is 3.89. The molecule has 0 aromatic heterocycles. The smallest absolute Gasteiger partial charge is 0.201 e. The number of Topliss-reactive ketones (excluding diaryl/α,β-unsaturated/α-hetero) is 2. The molecule has 0 saturated carbocycles. The summed E-state index contributed by atoms with van der Waals surface area (Å²) in [5.74, 6) is -2.68. The first kappa shape index (κ1) is 15.4. The molecule has 0 radical (unpaired) electrons. The molecule has 1 aromatic carbocycles. The molecule has 2 rings (SSSR count). The van der Waals surface area contributed by atoms with E-state index in [-0.39, 0.29) is 35.5 Å². The Morgan fingerprint density at radius 1 is 0.714 bits per heavy atom. The van der Waals surface area contributed by atoms with E-state index in [4.69, 9.17) is 0 Å². The van der Waals surface area contributed by atoms with Gasteiger partial charge in [0, 0.05) is 18.4 Å². The van der Waals surface area contributed by atoms with E-state index in [1.807, 2.05) is 0 Å². The fraction of sp³-hybridized carbons (Fsp3) is 0.500. The van der Waals surface area contributed by atoms with Gasteiger partial charge in [0.1, 0.15) is 0 Å². The van der Waals surface area contributed by atoms with E-state index >= 15 is 0 Å². The zero-order valence-corrected chi connectivity index (χ0v) is 11.9. The molecule has 1 aromatic rings. The Balaban J connectivity index is 2.47. The number of aromatic hydroxyl groups is 3. The van der Waals surface area contributed by atoms with Crippen LogP contribution in [-0.2, 0) is 0 Å². The van der Waals surface area contributed by atoms with Crippen LogP contribution in [0.3, 0.4) is 0 Å². The summed E-state index contributed by atoms with van der Waals surface area (Å²) in [4.78, 5) is 24.5. The van der Waals surface area contributed by atoms with E-state index in [1.54, 1.807) is 0 Å². The maximum Gasteiger partial charge on any atom is 0.201 e. The molecule has 1 aliphatic carbocycles. The van der Waals surface area contributed by atoms with E-state index in [0.29, 0.717) is 6.42 Å². The van der Waals surface area contributed by atoms with E-state index in [2.05, 4.69) is 0 Å². The molecule has 0 atom stereocenters. The van der Waals surface area contributed by atoms with E-state index in [9.17, 15) is 24.9 Å². The summed E-state index contributed by atoms with van der Waals surface area (Å²) in [5.41, 5.74) is -0.149. The summed E-state index contributed by atoms with van der Waals surface area (Å²) in [7, 11) is 0. The average molecular weight is 292 g/mol. The molecule has 0 fully saturated rings. The summed E-state index contributed by atoms with van der Waals surface area (Å²) in [5, 5.41) is 29.1. The summed E-state index contributed by atoms with van der Waals surface area (Å²) in [6.45, 7) is 0. The van der Waals surface area contributed by atoms with E-state index in [0.717, 1.165) is 38.2 Å². The molecule has 0 saturated heterocycles. The van der Waals surface area contributed by atoms with Gasteiger partial charge < -0.3 is 15.3 Å². The van der Waals surface area contributed by atoms with Crippen LogP contribution in [0.2, 0.25) is 0 Å². The lowest BCUT2D eigenvalue weighted by molar-refractivity contribution is 0.0941. The van der Waals surface area contributed by atoms with Crippen LogP contribution in [0.15, 0.2) is 6.07 Å². The average Bonchev–Trinajstić information content (AvgIpc) is 2.45. The van der Waals surface area contributed by atoms with Crippen molar-refractivity contribution in [1.82, 2.24) is 0 Å². The van der Waals surface area contributed by atoms with Crippen LogP contribution < -0.4 is 0 Å². The van der Waals surface area contributed by atoms with Crippen molar-refractivity contribution in [2.24, 2.45) is 0 Å². The highest BCUT2D eigenvalue weighted by molar-refractivity contribution is 6.11. The minimum Gasteiger partial charge on any atom is -0.504 e. The highest BCUT2D eigenvalue weighted by atomic mass is 16.3. The Labute approximate surface area is 123 Å². The van der Waals surface area contributed by atoms with Gasteiger partial charge in [-0.2, -0.15) is 0 Å². The van der Waals surface area contributed by atoms with E-state index < -0.39 is 17.2 Å². The number of ketones is 2. The van der Waals surface area contributed by atoms with Gasteiger partial charge in [-0.3, -0.25) is 9.59 Å². The van der Waals surface area contributed by atoms with Crippen molar-refractivity contribution in [3.63, 3.8) is 0 Å². The summed E-state index contributed by atoms with van der Waals surface area (Å²) in [6, 6.07) is 1.08. The molecule has 5 nitrogen and oxygen atoms in total. The second-order valence-electron chi connectivity index (χ2n) is 5.48. The van der Waals surface area contributed by atoms with Crippen molar-refractivity contribution in [2.45, 2.75) is 51.4 Å². The molecule has 0 amide bonds. The highest BCUT2D eigenvalue weighted by Gasteiger charge is 2.25. The monoisotopic (exact) mass is 292 g/mol. The van der Waals surface area contributed by atoms with Gasteiger partial charge in [0.25, 0.3) is 0 Å². The zero-order chi connectivity index (χ0) is 15.4. The number of benzene rings is 1. The number of hydrogen-bond acceptors (Lipinski definition) is 5. The van der Waals surface area contributed by atoms with Gasteiger partial charge >= 0.3 is 0 Å². The third kappa shape index (κ3) is 3.35. The second kappa shape index (κ2) is 6.61. The highest BCUT2D eigenvalue weighted by Crippen LogP contribution is 2.41. The van der Waals surface area contributed by atoms with Gasteiger partial charge in [-0.15, -0.1) is 0 Å². The van der Waals surface area contributed by atoms with Crippen molar-refractivity contribution in [1.29, 1.82) is 0 Å². The minimum atomic E-state index is -0.748. The maximum atomic E-state index is 12.2. The summed E-state index contributed by atoms with van der Waals surface area (Å²) in [6.07, 6.45) is 5.84. The molecule has 21 heavy (non-hydrogen) atoms. The quantitative estimate of drug-likeness (QED) is 0.638. The molecule has 3 N–H and O–H groups in total. The number of carbonyl (C=O) groups is 2. The topological polar surface area (TPSA) is 94.8 Å². The number of rotatable bonds is 0. The molecule has 5 heteroatoms. The fourth-order valence-electron chi connectivity index (χ4n) is 2.68. The van der Waals surface area contributed by atoms with Gasteiger partial charge in [0.15, 0.2) is 23.1 Å². The fourth-order valence-corrected chi connectivity index (χ4v) is 2.68. The third-order valence-electron chi connectivity index (χ3n) is 3.89. The summed E-state index contributed by atoms with van der Waals surface area (Å²) >= 11 is 0. The Morgan fingerprint density at radius 2 is 1.24 bits per heavy atom. The van der Waals surface area contributed by atoms with Crippen LogP contribution in [0, 0.1) is 0 Å². The van der Waals surface area contributed by atoms with Crippen LogP contribution in [0.5, 0.6) is 17.2 Å². The predicted octanol–water partition coefficient (Wildman–Crippen LogP) is 3.30. The normalized spacial score (nSPS) is 17.7. The molecule has 0 spiro atoms. The number of phenolic OH excluding ortho intramolecular Hbond substituents is 3. The Bertz CT molecular complexity index is 562. The van der Waals surface area contributed by atoms with Crippen molar-refractivity contribution in [3.05, 3.63) is 17.2 Å². The SMILES string of the molecule is O=C1CCCCCCCCC(=O)c2c1cc(O)c(O)c2O. The minimum absolute atomic E-state index is 0.00775. The van der Waals surface area contributed by atoms with E-state index in [1.165, 1.54) is 0 Å². The maximum absolute atomic E-state index is 12.2. The Kier molecular flexibility index (Phi) is 4.83. The first-order chi connectivity index (χ1) is 10.0. The van der Waals surface area contributed by atoms with Crippen LogP contribution >= 0.6 is 0 Å².